The van der Waals surface area contributed by atoms with Gasteiger partial charge in [0.05, 0.1) is 25.2 Å². The minimum absolute atomic E-state index is 0. The summed E-state index contributed by atoms with van der Waals surface area (Å²) in [5, 5.41) is 3.04. The molecule has 0 bridgehead atoms. The quantitative estimate of drug-likeness (QED) is 0.398. The van der Waals surface area contributed by atoms with E-state index in [1.54, 1.807) is 6.26 Å². The molecule has 6 nitrogen and oxygen atoms in total. The van der Waals surface area contributed by atoms with Crippen LogP contribution in [0.4, 0.5) is 5.69 Å². The summed E-state index contributed by atoms with van der Waals surface area (Å²) in [6.07, 6.45) is 1.60. The number of anilines is 1. The molecule has 2 rings (SSSR count). The molecule has 23 heavy (non-hydrogen) atoms. The van der Waals surface area contributed by atoms with Gasteiger partial charge in [0.15, 0.2) is 5.96 Å². The van der Waals surface area contributed by atoms with Crippen molar-refractivity contribution in [3.63, 3.8) is 0 Å². The Morgan fingerprint density at radius 1 is 1.22 bits per heavy atom. The van der Waals surface area contributed by atoms with Gasteiger partial charge in [0.1, 0.15) is 23.8 Å². The van der Waals surface area contributed by atoms with Crippen molar-refractivity contribution in [1.82, 2.24) is 0 Å². The predicted molar refractivity (Wildman–Crippen MR) is 102 cm³/mol. The van der Waals surface area contributed by atoms with Gasteiger partial charge in [-0.2, -0.15) is 0 Å². The van der Waals surface area contributed by atoms with Crippen molar-refractivity contribution in [3.05, 3.63) is 42.4 Å². The number of benzene rings is 1. The molecule has 0 saturated carbocycles. The molecule has 0 atom stereocenters. The van der Waals surface area contributed by atoms with Crippen LogP contribution < -0.4 is 20.5 Å². The summed E-state index contributed by atoms with van der Waals surface area (Å²) in [5.41, 5.74) is 6.63. The van der Waals surface area contributed by atoms with Crippen molar-refractivity contribution in [1.29, 1.82) is 0 Å². The van der Waals surface area contributed by atoms with E-state index >= 15 is 0 Å². The van der Waals surface area contributed by atoms with Crippen LogP contribution >= 0.6 is 24.0 Å². The lowest BCUT2D eigenvalue weighted by Crippen LogP contribution is -2.23. The normalized spacial score (nSPS) is 10.8. The van der Waals surface area contributed by atoms with Crippen LogP contribution in [0.25, 0.3) is 0 Å². The lowest BCUT2D eigenvalue weighted by Gasteiger charge is -2.13. The highest BCUT2D eigenvalue weighted by atomic mass is 127. The summed E-state index contributed by atoms with van der Waals surface area (Å²) in [6, 6.07) is 9.20. The second kappa shape index (κ2) is 9.98. The van der Waals surface area contributed by atoms with E-state index in [9.17, 15) is 0 Å². The zero-order chi connectivity index (χ0) is 15.8. The van der Waals surface area contributed by atoms with Crippen LogP contribution in [0.2, 0.25) is 0 Å². The standard InChI is InChI=1S/C16H21N3O3.HI/c1-3-20-12-7-8-15(21-4-2)14(10-12)19-16(17)18-11-13-6-5-9-22-13;/h5-10H,3-4,11H2,1-2H3,(H3,17,18,19);1H. The van der Waals surface area contributed by atoms with Crippen LogP contribution in [0.3, 0.4) is 0 Å². The maximum Gasteiger partial charge on any atom is 0.193 e. The van der Waals surface area contributed by atoms with E-state index in [2.05, 4.69) is 10.3 Å². The first-order chi connectivity index (χ1) is 10.7. The van der Waals surface area contributed by atoms with Crippen LogP contribution in [0, 0.1) is 0 Å². The summed E-state index contributed by atoms with van der Waals surface area (Å²) < 4.78 is 16.3. The van der Waals surface area contributed by atoms with E-state index in [-0.39, 0.29) is 29.9 Å². The SMILES string of the molecule is CCOc1ccc(OCC)c(NC(N)=NCc2ccco2)c1.I. The molecule has 3 N–H and O–H groups in total. The molecule has 2 aromatic rings. The van der Waals surface area contributed by atoms with Crippen LogP contribution in [0.5, 0.6) is 11.5 Å². The van der Waals surface area contributed by atoms with Gasteiger partial charge < -0.3 is 24.9 Å². The zero-order valence-corrected chi connectivity index (χ0v) is 15.6. The van der Waals surface area contributed by atoms with Gasteiger partial charge in [-0.25, -0.2) is 4.99 Å². The molecule has 0 fully saturated rings. The van der Waals surface area contributed by atoms with E-state index < -0.39 is 0 Å². The molecule has 7 heteroatoms. The number of nitrogens with one attached hydrogen (secondary N) is 1. The van der Waals surface area contributed by atoms with Crippen molar-refractivity contribution in [2.75, 3.05) is 18.5 Å². The molecular weight excluding hydrogens is 409 g/mol. The van der Waals surface area contributed by atoms with Crippen LogP contribution in [0.1, 0.15) is 19.6 Å². The molecule has 1 aromatic heterocycles. The van der Waals surface area contributed by atoms with Crippen molar-refractivity contribution in [3.8, 4) is 11.5 Å². The van der Waals surface area contributed by atoms with Crippen LogP contribution in [0.15, 0.2) is 46.0 Å². The molecule has 1 heterocycles. The summed E-state index contributed by atoms with van der Waals surface area (Å²) in [7, 11) is 0. The number of guanidine groups is 1. The van der Waals surface area contributed by atoms with Crippen molar-refractivity contribution in [2.24, 2.45) is 10.7 Å². The maximum atomic E-state index is 5.91. The first kappa shape index (κ1) is 19.1. The van der Waals surface area contributed by atoms with Crippen LogP contribution in [-0.4, -0.2) is 19.2 Å². The summed E-state index contributed by atoms with van der Waals surface area (Å²) in [4.78, 5) is 4.23. The fourth-order valence-electron chi connectivity index (χ4n) is 1.89. The highest BCUT2D eigenvalue weighted by Crippen LogP contribution is 2.29. The molecule has 0 amide bonds. The fourth-order valence-corrected chi connectivity index (χ4v) is 1.89. The summed E-state index contributed by atoms with van der Waals surface area (Å²) in [6.45, 7) is 5.39. The van der Waals surface area contributed by atoms with Crippen molar-refractivity contribution >= 4 is 35.6 Å². The average Bonchev–Trinajstić information content (AvgIpc) is 3.02. The molecule has 0 aliphatic carbocycles. The Kier molecular flexibility index (Phi) is 8.31. The molecule has 0 unspecified atom stereocenters. The molecule has 126 valence electrons. The number of rotatable bonds is 7. The van der Waals surface area contributed by atoms with E-state index in [0.29, 0.717) is 31.2 Å². The van der Waals surface area contributed by atoms with Gasteiger partial charge in [0.2, 0.25) is 0 Å². The number of ether oxygens (including phenoxy) is 2. The molecular formula is C16H22IN3O3. The third kappa shape index (κ3) is 6.01. The van der Waals surface area contributed by atoms with E-state index in [4.69, 9.17) is 19.6 Å². The fraction of sp³-hybridized carbons (Fsp3) is 0.312. The Hall–Kier alpha value is -1.90. The number of hydrogen-bond donors (Lipinski definition) is 2. The second-order valence-electron chi connectivity index (χ2n) is 4.43. The molecule has 0 aliphatic heterocycles. The number of halogens is 1. The van der Waals surface area contributed by atoms with E-state index in [1.807, 2.05) is 44.2 Å². The van der Waals surface area contributed by atoms with Gasteiger partial charge in [0.25, 0.3) is 0 Å². The molecule has 0 aliphatic rings. The van der Waals surface area contributed by atoms with Gasteiger partial charge in [-0.05, 0) is 38.1 Å². The molecule has 1 aromatic carbocycles. The van der Waals surface area contributed by atoms with Gasteiger partial charge in [-0.3, -0.25) is 0 Å². The van der Waals surface area contributed by atoms with E-state index in [0.717, 1.165) is 11.5 Å². The van der Waals surface area contributed by atoms with Crippen molar-refractivity contribution in [2.45, 2.75) is 20.4 Å². The predicted octanol–water partition coefficient (Wildman–Crippen LogP) is 3.62. The topological polar surface area (TPSA) is 82.0 Å². The Bertz CT molecular complexity index is 615. The smallest absolute Gasteiger partial charge is 0.193 e. The average molecular weight is 431 g/mol. The first-order valence-electron chi connectivity index (χ1n) is 7.22. The monoisotopic (exact) mass is 431 g/mol. The Balaban J connectivity index is 0.00000264. The second-order valence-corrected chi connectivity index (χ2v) is 4.43. The highest BCUT2D eigenvalue weighted by Gasteiger charge is 2.07. The third-order valence-corrected chi connectivity index (χ3v) is 2.81. The number of hydrogen-bond acceptors (Lipinski definition) is 4. The number of furan rings is 1. The largest absolute Gasteiger partial charge is 0.494 e. The molecule has 0 radical (unpaired) electrons. The van der Waals surface area contributed by atoms with Crippen LogP contribution in [-0.2, 0) is 6.54 Å². The highest BCUT2D eigenvalue weighted by molar-refractivity contribution is 14.0. The zero-order valence-electron chi connectivity index (χ0n) is 13.2. The van der Waals surface area contributed by atoms with Gasteiger partial charge >= 0.3 is 0 Å². The summed E-state index contributed by atoms with van der Waals surface area (Å²) >= 11 is 0. The third-order valence-electron chi connectivity index (χ3n) is 2.81. The number of nitrogens with zero attached hydrogens (tertiary/aromatic N) is 1. The lowest BCUT2D eigenvalue weighted by atomic mass is 10.2. The van der Waals surface area contributed by atoms with Gasteiger partial charge in [0, 0.05) is 6.07 Å². The van der Waals surface area contributed by atoms with Gasteiger partial charge in [-0.1, -0.05) is 0 Å². The first-order valence-corrected chi connectivity index (χ1v) is 7.22. The Morgan fingerprint density at radius 2 is 2.00 bits per heavy atom. The Morgan fingerprint density at radius 3 is 2.65 bits per heavy atom. The molecule has 0 saturated heterocycles. The Labute approximate surface area is 153 Å². The minimum atomic E-state index is 0. The number of nitrogens with two attached hydrogens (primary N) is 1. The lowest BCUT2D eigenvalue weighted by molar-refractivity contribution is 0.332. The van der Waals surface area contributed by atoms with Gasteiger partial charge in [-0.15, -0.1) is 24.0 Å². The molecule has 0 spiro atoms. The van der Waals surface area contributed by atoms with Crippen molar-refractivity contribution < 1.29 is 13.9 Å². The van der Waals surface area contributed by atoms with E-state index in [1.165, 1.54) is 0 Å². The maximum absolute atomic E-state index is 5.91. The minimum Gasteiger partial charge on any atom is -0.494 e. The number of aliphatic imine (C=N–C) groups is 1. The summed E-state index contributed by atoms with van der Waals surface area (Å²) in [5.74, 6) is 2.47.